The van der Waals surface area contributed by atoms with E-state index in [0.29, 0.717) is 30.1 Å². The second-order valence-corrected chi connectivity index (χ2v) is 11.4. The summed E-state index contributed by atoms with van der Waals surface area (Å²) >= 11 is 0. The fraction of sp³-hybridized carbons (Fsp3) is 0.875. The van der Waals surface area contributed by atoms with E-state index in [2.05, 4.69) is 24.2 Å². The highest BCUT2D eigenvalue weighted by Gasteiger charge is 2.69. The molecule has 29 heavy (non-hydrogen) atoms. The van der Waals surface area contributed by atoms with Crippen molar-refractivity contribution < 1.29 is 9.90 Å². The lowest BCUT2D eigenvalue weighted by Crippen LogP contribution is -2.50. The number of aliphatic hydroxyl groups is 1. The standard InChI is InChI=1S/C24H35N3O2/c1-14-22-18-4-3-17-15(16(18)8-10-24(14,22)29)7-9-23(2)19(17)5-6-20(23)21(28)13-27-12-11-25-26-27/h11-12,14-20,22,29H,3-10,13H2,1-2H3/t14-,15-,16-,17-,18-,19+,20-,22?,23+,24+/m1/s1. The molecule has 0 spiro atoms. The number of Topliss-reactive ketones (excluding diaryl/α,β-unsaturated/α-hetero) is 1. The molecule has 5 aliphatic rings. The van der Waals surface area contributed by atoms with Gasteiger partial charge >= 0.3 is 0 Å². The van der Waals surface area contributed by atoms with Crippen LogP contribution >= 0.6 is 0 Å². The summed E-state index contributed by atoms with van der Waals surface area (Å²) in [5.41, 5.74) is -0.142. The first-order chi connectivity index (χ1) is 13.9. The summed E-state index contributed by atoms with van der Waals surface area (Å²) in [6.07, 6.45) is 13.2. The Labute approximate surface area is 173 Å². The van der Waals surface area contributed by atoms with Crippen LogP contribution in [0.1, 0.15) is 65.2 Å². The van der Waals surface area contributed by atoms with Gasteiger partial charge in [-0.05, 0) is 98.2 Å². The molecule has 1 N–H and O–H groups in total. The largest absolute Gasteiger partial charge is 0.389 e. The minimum absolute atomic E-state index is 0.175. The average Bonchev–Trinajstić information content (AvgIpc) is 3.08. The number of aromatic nitrogens is 3. The molecule has 6 rings (SSSR count). The summed E-state index contributed by atoms with van der Waals surface area (Å²) in [5.74, 6) is 5.61. The van der Waals surface area contributed by atoms with E-state index in [-0.39, 0.29) is 16.9 Å². The van der Waals surface area contributed by atoms with Crippen LogP contribution in [0.5, 0.6) is 0 Å². The van der Waals surface area contributed by atoms with Gasteiger partial charge in [0.05, 0.1) is 11.8 Å². The Morgan fingerprint density at radius 3 is 2.62 bits per heavy atom. The van der Waals surface area contributed by atoms with Crippen LogP contribution < -0.4 is 0 Å². The van der Waals surface area contributed by atoms with Gasteiger partial charge < -0.3 is 5.11 Å². The summed E-state index contributed by atoms with van der Waals surface area (Å²) in [5, 5.41) is 18.8. The molecule has 5 nitrogen and oxygen atoms in total. The highest BCUT2D eigenvalue weighted by molar-refractivity contribution is 5.82. The molecule has 5 saturated carbocycles. The highest BCUT2D eigenvalue weighted by Crippen LogP contribution is 2.70. The van der Waals surface area contributed by atoms with E-state index in [9.17, 15) is 9.90 Å². The number of nitrogens with zero attached hydrogens (tertiary/aromatic N) is 3. The Hall–Kier alpha value is -1.23. The van der Waals surface area contributed by atoms with Crippen LogP contribution in [0, 0.1) is 52.8 Å². The van der Waals surface area contributed by atoms with E-state index >= 15 is 0 Å². The number of hydrogen-bond donors (Lipinski definition) is 1. The number of carbonyl (C=O) groups excluding carboxylic acids is 1. The number of hydrogen-bond acceptors (Lipinski definition) is 4. The van der Waals surface area contributed by atoms with Gasteiger partial charge in [0.1, 0.15) is 6.54 Å². The maximum Gasteiger partial charge on any atom is 0.157 e. The van der Waals surface area contributed by atoms with Crippen LogP contribution in [0.4, 0.5) is 0 Å². The van der Waals surface area contributed by atoms with Gasteiger partial charge in [-0.1, -0.05) is 19.1 Å². The molecule has 0 radical (unpaired) electrons. The molecule has 1 aromatic rings. The topological polar surface area (TPSA) is 68.0 Å². The zero-order valence-corrected chi connectivity index (χ0v) is 17.8. The van der Waals surface area contributed by atoms with Crippen molar-refractivity contribution in [2.45, 2.75) is 77.4 Å². The number of fused-ring (bicyclic) bond motifs is 7. The first kappa shape index (κ1) is 18.5. The van der Waals surface area contributed by atoms with Gasteiger partial charge in [0.15, 0.2) is 5.78 Å². The second kappa shape index (κ2) is 6.15. The molecule has 158 valence electrons. The first-order valence-corrected chi connectivity index (χ1v) is 12.0. The van der Waals surface area contributed by atoms with Crippen molar-refractivity contribution in [3.8, 4) is 0 Å². The molecular formula is C24H35N3O2. The summed E-state index contributed by atoms with van der Waals surface area (Å²) in [6, 6.07) is 0. The molecule has 5 fully saturated rings. The molecule has 0 saturated heterocycles. The van der Waals surface area contributed by atoms with Crippen LogP contribution in [0.25, 0.3) is 0 Å². The van der Waals surface area contributed by atoms with Gasteiger partial charge in [-0.15, -0.1) is 5.10 Å². The Bertz CT molecular complexity index is 809. The van der Waals surface area contributed by atoms with Gasteiger partial charge in [-0.25, -0.2) is 4.68 Å². The second-order valence-electron chi connectivity index (χ2n) is 11.4. The monoisotopic (exact) mass is 397 g/mol. The molecule has 0 aliphatic heterocycles. The van der Waals surface area contributed by atoms with Crippen molar-refractivity contribution in [2.24, 2.45) is 52.8 Å². The highest BCUT2D eigenvalue weighted by atomic mass is 16.3. The van der Waals surface area contributed by atoms with Crippen LogP contribution in [0.15, 0.2) is 12.4 Å². The summed E-state index contributed by atoms with van der Waals surface area (Å²) in [4.78, 5) is 13.2. The maximum absolute atomic E-state index is 13.2. The molecule has 5 aliphatic carbocycles. The zero-order valence-electron chi connectivity index (χ0n) is 17.8. The third-order valence-electron chi connectivity index (χ3n) is 10.7. The zero-order chi connectivity index (χ0) is 20.0. The van der Waals surface area contributed by atoms with E-state index in [1.165, 1.54) is 38.5 Å². The summed E-state index contributed by atoms with van der Waals surface area (Å²) in [6.45, 7) is 5.09. The molecule has 0 bridgehead atoms. The molecular weight excluding hydrogens is 362 g/mol. The van der Waals surface area contributed by atoms with Gasteiger partial charge in [0.25, 0.3) is 0 Å². The molecule has 5 heteroatoms. The van der Waals surface area contributed by atoms with Crippen molar-refractivity contribution in [1.29, 1.82) is 0 Å². The lowest BCUT2D eigenvalue weighted by molar-refractivity contribution is -0.131. The molecule has 1 aromatic heterocycles. The molecule has 0 aromatic carbocycles. The van der Waals surface area contributed by atoms with Crippen molar-refractivity contribution in [1.82, 2.24) is 15.0 Å². The molecule has 0 amide bonds. The van der Waals surface area contributed by atoms with Crippen molar-refractivity contribution >= 4 is 5.78 Å². The third-order valence-corrected chi connectivity index (χ3v) is 10.7. The van der Waals surface area contributed by atoms with Crippen LogP contribution in [0.3, 0.4) is 0 Å². The minimum Gasteiger partial charge on any atom is -0.389 e. The first-order valence-electron chi connectivity index (χ1n) is 12.0. The quantitative estimate of drug-likeness (QED) is 0.844. The number of ketones is 1. The lowest BCUT2D eigenvalue weighted by atomic mass is 9.49. The Kier molecular flexibility index (Phi) is 3.93. The van der Waals surface area contributed by atoms with Crippen LogP contribution in [-0.4, -0.2) is 31.5 Å². The van der Waals surface area contributed by atoms with Crippen LogP contribution in [0.2, 0.25) is 0 Å². The van der Waals surface area contributed by atoms with Crippen molar-refractivity contribution in [3.63, 3.8) is 0 Å². The van der Waals surface area contributed by atoms with E-state index in [1.807, 2.05) is 0 Å². The van der Waals surface area contributed by atoms with Gasteiger partial charge in [0, 0.05) is 12.1 Å². The van der Waals surface area contributed by atoms with E-state index in [0.717, 1.165) is 36.5 Å². The fourth-order valence-corrected chi connectivity index (χ4v) is 9.35. The van der Waals surface area contributed by atoms with Crippen molar-refractivity contribution in [2.75, 3.05) is 0 Å². The Morgan fingerprint density at radius 2 is 1.83 bits per heavy atom. The van der Waals surface area contributed by atoms with E-state index < -0.39 is 0 Å². The molecule has 1 heterocycles. The van der Waals surface area contributed by atoms with E-state index in [4.69, 9.17) is 0 Å². The van der Waals surface area contributed by atoms with Gasteiger partial charge in [-0.2, -0.15) is 0 Å². The van der Waals surface area contributed by atoms with Gasteiger partial charge in [0.2, 0.25) is 0 Å². The fourth-order valence-electron chi connectivity index (χ4n) is 9.35. The normalized spacial score (nSPS) is 52.8. The summed E-state index contributed by atoms with van der Waals surface area (Å²) in [7, 11) is 0. The van der Waals surface area contributed by atoms with Crippen molar-refractivity contribution in [3.05, 3.63) is 12.4 Å². The predicted molar refractivity (Wildman–Crippen MR) is 109 cm³/mol. The molecule has 1 unspecified atom stereocenters. The maximum atomic E-state index is 13.2. The average molecular weight is 398 g/mol. The lowest BCUT2D eigenvalue weighted by Gasteiger charge is -2.56. The number of rotatable bonds is 3. The van der Waals surface area contributed by atoms with Crippen LogP contribution in [-0.2, 0) is 11.3 Å². The summed E-state index contributed by atoms with van der Waals surface area (Å²) < 4.78 is 1.69. The van der Waals surface area contributed by atoms with Gasteiger partial charge in [-0.3, -0.25) is 4.79 Å². The molecule has 10 atom stereocenters. The Balaban J connectivity index is 1.21. The number of carbonyl (C=O) groups is 1. The predicted octanol–water partition coefficient (Wildman–Crippen LogP) is 3.72. The third kappa shape index (κ3) is 2.46. The van der Waals surface area contributed by atoms with E-state index in [1.54, 1.807) is 17.1 Å². The smallest absolute Gasteiger partial charge is 0.157 e. The SMILES string of the molecule is C[C@@H]1C2[C@@H]3CC[C@@H]4[C@H](CC[C@]5(C)[C@@H](C(=O)Cn6ccnn6)CC[C@@H]45)[C@H]3CC[C@@]21O. The Morgan fingerprint density at radius 1 is 1.07 bits per heavy atom. The minimum atomic E-state index is -0.316.